The molecule has 0 atom stereocenters. The van der Waals surface area contributed by atoms with E-state index in [-0.39, 0.29) is 0 Å². The van der Waals surface area contributed by atoms with E-state index in [4.69, 9.17) is 16.3 Å². The molecule has 0 aromatic heterocycles. The highest BCUT2D eigenvalue weighted by Crippen LogP contribution is 2.13. The molecule has 0 aliphatic carbocycles. The first-order valence-corrected chi connectivity index (χ1v) is 4.43. The Hall–Kier alpha value is 0.560. The van der Waals surface area contributed by atoms with Crippen LogP contribution in [-0.4, -0.2) is 35.8 Å². The SMILES string of the molecule is ClCCN1CCOCS1. The zero-order valence-electron chi connectivity index (χ0n) is 5.18. The maximum atomic E-state index is 5.54. The van der Waals surface area contributed by atoms with Crippen LogP contribution in [0.2, 0.25) is 0 Å². The summed E-state index contributed by atoms with van der Waals surface area (Å²) < 4.78 is 7.36. The fourth-order valence-electron chi connectivity index (χ4n) is 0.672. The molecule has 1 aliphatic heterocycles. The number of rotatable bonds is 2. The van der Waals surface area contributed by atoms with E-state index in [0.717, 1.165) is 25.6 Å². The summed E-state index contributed by atoms with van der Waals surface area (Å²) >= 11 is 7.25. The number of hydrogen-bond donors (Lipinski definition) is 0. The van der Waals surface area contributed by atoms with E-state index in [0.29, 0.717) is 5.88 Å². The smallest absolute Gasteiger partial charge is 0.107 e. The Bertz CT molecular complexity index is 74.6. The van der Waals surface area contributed by atoms with E-state index in [9.17, 15) is 0 Å². The summed E-state index contributed by atoms with van der Waals surface area (Å²) in [5.74, 6) is 1.50. The fourth-order valence-corrected chi connectivity index (χ4v) is 1.74. The summed E-state index contributed by atoms with van der Waals surface area (Å²) in [5.41, 5.74) is 0. The zero-order valence-corrected chi connectivity index (χ0v) is 6.75. The Morgan fingerprint density at radius 3 is 3.11 bits per heavy atom. The Labute approximate surface area is 64.6 Å². The van der Waals surface area contributed by atoms with Gasteiger partial charge in [-0.05, 0) is 0 Å². The van der Waals surface area contributed by atoms with Crippen LogP contribution in [0.3, 0.4) is 0 Å². The Morgan fingerprint density at radius 2 is 2.56 bits per heavy atom. The molecule has 0 N–H and O–H groups in total. The first-order valence-electron chi connectivity index (χ1n) is 2.95. The molecule has 1 saturated heterocycles. The van der Waals surface area contributed by atoms with Gasteiger partial charge in [0, 0.05) is 19.0 Å². The molecule has 0 amide bonds. The predicted octanol–water partition coefficient (Wildman–Crippen LogP) is 1.16. The van der Waals surface area contributed by atoms with Gasteiger partial charge in [0.2, 0.25) is 0 Å². The van der Waals surface area contributed by atoms with Gasteiger partial charge in [-0.15, -0.1) is 11.6 Å². The summed E-state index contributed by atoms with van der Waals surface area (Å²) in [6.45, 7) is 2.83. The van der Waals surface area contributed by atoms with Crippen molar-refractivity contribution in [3.8, 4) is 0 Å². The monoisotopic (exact) mass is 167 g/mol. The second kappa shape index (κ2) is 4.39. The third-order valence-electron chi connectivity index (χ3n) is 1.14. The maximum Gasteiger partial charge on any atom is 0.107 e. The van der Waals surface area contributed by atoms with Crippen LogP contribution in [0.5, 0.6) is 0 Å². The van der Waals surface area contributed by atoms with Gasteiger partial charge in [0.05, 0.1) is 6.61 Å². The summed E-state index contributed by atoms with van der Waals surface area (Å²) in [6, 6.07) is 0. The van der Waals surface area contributed by atoms with Crippen LogP contribution in [0, 0.1) is 0 Å². The van der Waals surface area contributed by atoms with Crippen LogP contribution in [0.1, 0.15) is 0 Å². The zero-order chi connectivity index (χ0) is 6.53. The molecule has 0 radical (unpaired) electrons. The molecule has 0 aromatic rings. The van der Waals surface area contributed by atoms with Gasteiger partial charge in [0.25, 0.3) is 0 Å². The molecule has 1 fully saturated rings. The van der Waals surface area contributed by atoms with Crippen LogP contribution >= 0.6 is 23.5 Å². The van der Waals surface area contributed by atoms with E-state index in [2.05, 4.69) is 4.31 Å². The number of hydrogen-bond acceptors (Lipinski definition) is 3. The van der Waals surface area contributed by atoms with Gasteiger partial charge in [0.15, 0.2) is 0 Å². The first kappa shape index (κ1) is 7.66. The third-order valence-corrected chi connectivity index (χ3v) is 2.31. The van der Waals surface area contributed by atoms with Crippen molar-refractivity contribution < 1.29 is 4.74 Å². The van der Waals surface area contributed by atoms with E-state index in [1.54, 1.807) is 11.9 Å². The highest BCUT2D eigenvalue weighted by atomic mass is 35.5. The second-order valence-electron chi connectivity index (χ2n) is 1.77. The molecule has 0 spiro atoms. The summed E-state index contributed by atoms with van der Waals surface area (Å²) in [6.07, 6.45) is 0. The predicted molar refractivity (Wildman–Crippen MR) is 40.7 cm³/mol. The molecule has 0 saturated carbocycles. The van der Waals surface area contributed by atoms with Crippen LogP contribution in [0.15, 0.2) is 0 Å². The van der Waals surface area contributed by atoms with Crippen LogP contribution in [0.4, 0.5) is 0 Å². The van der Waals surface area contributed by atoms with Gasteiger partial charge in [-0.3, -0.25) is 0 Å². The lowest BCUT2D eigenvalue weighted by atomic mass is 10.6. The van der Waals surface area contributed by atoms with Crippen LogP contribution in [-0.2, 0) is 4.74 Å². The van der Waals surface area contributed by atoms with E-state index >= 15 is 0 Å². The van der Waals surface area contributed by atoms with Crippen molar-refractivity contribution in [3.05, 3.63) is 0 Å². The minimum Gasteiger partial charge on any atom is -0.368 e. The molecule has 1 aliphatic rings. The normalized spacial score (nSPS) is 22.3. The van der Waals surface area contributed by atoms with Crippen molar-refractivity contribution in [2.24, 2.45) is 0 Å². The second-order valence-corrected chi connectivity index (χ2v) is 3.16. The van der Waals surface area contributed by atoms with Crippen LogP contribution < -0.4 is 0 Å². The number of nitrogens with zero attached hydrogens (tertiary/aromatic N) is 1. The molecule has 2 nitrogen and oxygen atoms in total. The molecule has 0 aromatic carbocycles. The molecule has 54 valence electrons. The highest BCUT2D eigenvalue weighted by Gasteiger charge is 2.08. The lowest BCUT2D eigenvalue weighted by molar-refractivity contribution is 0.150. The van der Waals surface area contributed by atoms with Crippen molar-refractivity contribution in [2.75, 3.05) is 31.5 Å². The van der Waals surface area contributed by atoms with Crippen molar-refractivity contribution >= 4 is 23.5 Å². The van der Waals surface area contributed by atoms with Crippen LogP contribution in [0.25, 0.3) is 0 Å². The Kier molecular flexibility index (Phi) is 3.74. The quantitative estimate of drug-likeness (QED) is 0.453. The highest BCUT2D eigenvalue weighted by molar-refractivity contribution is 7.96. The van der Waals surface area contributed by atoms with E-state index < -0.39 is 0 Å². The molecular weight excluding hydrogens is 158 g/mol. The average Bonchev–Trinajstić information content (AvgIpc) is 1.91. The fraction of sp³-hybridized carbons (Fsp3) is 1.00. The molecular formula is C5H10ClNOS. The minimum atomic E-state index is 0.715. The van der Waals surface area contributed by atoms with Gasteiger partial charge < -0.3 is 4.74 Å². The van der Waals surface area contributed by atoms with Crippen molar-refractivity contribution in [1.29, 1.82) is 0 Å². The van der Waals surface area contributed by atoms with E-state index in [1.807, 2.05) is 0 Å². The maximum absolute atomic E-state index is 5.54. The first-order chi connectivity index (χ1) is 4.43. The lowest BCUT2D eigenvalue weighted by Crippen LogP contribution is -2.28. The largest absolute Gasteiger partial charge is 0.368 e. The summed E-state index contributed by atoms with van der Waals surface area (Å²) in [7, 11) is 0. The summed E-state index contributed by atoms with van der Waals surface area (Å²) in [4.78, 5) is 0. The van der Waals surface area contributed by atoms with Gasteiger partial charge in [0.1, 0.15) is 5.94 Å². The van der Waals surface area contributed by atoms with Crippen molar-refractivity contribution in [2.45, 2.75) is 0 Å². The van der Waals surface area contributed by atoms with Gasteiger partial charge in [-0.25, -0.2) is 4.31 Å². The van der Waals surface area contributed by atoms with Gasteiger partial charge in [-0.1, -0.05) is 11.9 Å². The Morgan fingerprint density at radius 1 is 1.67 bits per heavy atom. The van der Waals surface area contributed by atoms with Crippen molar-refractivity contribution in [1.82, 2.24) is 4.31 Å². The molecule has 4 heteroatoms. The number of alkyl halides is 1. The van der Waals surface area contributed by atoms with Crippen molar-refractivity contribution in [3.63, 3.8) is 0 Å². The molecule has 9 heavy (non-hydrogen) atoms. The topological polar surface area (TPSA) is 12.5 Å². The van der Waals surface area contributed by atoms with E-state index in [1.165, 1.54) is 0 Å². The lowest BCUT2D eigenvalue weighted by Gasteiger charge is -2.23. The summed E-state index contributed by atoms with van der Waals surface area (Å²) in [5, 5.41) is 0. The molecule has 0 bridgehead atoms. The minimum absolute atomic E-state index is 0.715. The van der Waals surface area contributed by atoms with Gasteiger partial charge >= 0.3 is 0 Å². The average molecular weight is 168 g/mol. The standard InChI is InChI=1S/C5H10ClNOS/c6-1-2-7-3-4-8-5-9-7/h1-5H2. The molecule has 1 rings (SSSR count). The molecule has 1 heterocycles. The number of halogens is 1. The Balaban J connectivity index is 2.08. The molecule has 0 unspecified atom stereocenters. The van der Waals surface area contributed by atoms with Gasteiger partial charge in [-0.2, -0.15) is 0 Å². The number of ether oxygens (including phenoxy) is 1. The third kappa shape index (κ3) is 2.76.